The van der Waals surface area contributed by atoms with Crippen molar-refractivity contribution < 1.29 is 4.79 Å². The van der Waals surface area contributed by atoms with Crippen molar-refractivity contribution >= 4 is 35.8 Å². The van der Waals surface area contributed by atoms with E-state index in [1.807, 2.05) is 7.05 Å². The van der Waals surface area contributed by atoms with Crippen molar-refractivity contribution in [1.82, 2.24) is 20.4 Å². The number of nitrogens with one attached hydrogen (secondary N) is 2. The van der Waals surface area contributed by atoms with E-state index in [1.54, 1.807) is 0 Å². The largest absolute Gasteiger partial charge is 0.356 e. The third-order valence-electron chi connectivity index (χ3n) is 6.39. The second-order valence-corrected chi connectivity index (χ2v) is 8.25. The summed E-state index contributed by atoms with van der Waals surface area (Å²) >= 11 is 0. The number of nitrogens with zero attached hydrogens (tertiary/aromatic N) is 3. The highest BCUT2D eigenvalue weighted by Gasteiger charge is 2.32. The van der Waals surface area contributed by atoms with Gasteiger partial charge in [-0.2, -0.15) is 0 Å². The third-order valence-corrected chi connectivity index (χ3v) is 6.39. The maximum atomic E-state index is 12.7. The van der Waals surface area contributed by atoms with Gasteiger partial charge in [-0.1, -0.05) is 26.2 Å². The zero-order valence-electron chi connectivity index (χ0n) is 17.1. The number of amides is 1. The average molecular weight is 491 g/mol. The lowest BCUT2D eigenvalue weighted by atomic mass is 9.88. The lowest BCUT2D eigenvalue weighted by Gasteiger charge is -2.26. The van der Waals surface area contributed by atoms with Gasteiger partial charge in [0.05, 0.1) is 0 Å². The van der Waals surface area contributed by atoms with Gasteiger partial charge in [0.15, 0.2) is 5.96 Å². The summed E-state index contributed by atoms with van der Waals surface area (Å²) in [6.45, 7) is 8.48. The summed E-state index contributed by atoms with van der Waals surface area (Å²) < 4.78 is 0. The SMILES string of the molecule is CCN1CCC(CNC(=NC)NC2CCN(C(=O)C3CCCCC3)C2)C1.I. The van der Waals surface area contributed by atoms with Crippen LogP contribution in [0, 0.1) is 11.8 Å². The van der Waals surface area contributed by atoms with Crippen molar-refractivity contribution in [2.75, 3.05) is 46.3 Å². The van der Waals surface area contributed by atoms with Crippen LogP contribution in [0.15, 0.2) is 4.99 Å². The zero-order chi connectivity index (χ0) is 18.4. The first-order chi connectivity index (χ1) is 12.7. The minimum atomic E-state index is 0. The van der Waals surface area contributed by atoms with Crippen molar-refractivity contribution in [2.24, 2.45) is 16.8 Å². The summed E-state index contributed by atoms with van der Waals surface area (Å²) in [5.74, 6) is 2.27. The summed E-state index contributed by atoms with van der Waals surface area (Å²) in [5.41, 5.74) is 0. The summed E-state index contributed by atoms with van der Waals surface area (Å²) in [6, 6.07) is 0.324. The second kappa shape index (κ2) is 11.4. The topological polar surface area (TPSA) is 60.0 Å². The molecule has 3 aliphatic rings. The van der Waals surface area contributed by atoms with Crippen molar-refractivity contribution in [3.05, 3.63) is 0 Å². The molecule has 1 aliphatic carbocycles. The van der Waals surface area contributed by atoms with Crippen molar-refractivity contribution in [3.8, 4) is 0 Å². The molecular weight excluding hydrogens is 453 g/mol. The lowest BCUT2D eigenvalue weighted by Crippen LogP contribution is -2.46. The van der Waals surface area contributed by atoms with E-state index in [4.69, 9.17) is 0 Å². The molecule has 1 amide bonds. The van der Waals surface area contributed by atoms with Gasteiger partial charge in [0.25, 0.3) is 0 Å². The standard InChI is InChI=1S/C20H37N5O.HI/c1-3-24-11-9-16(14-24)13-22-20(21-2)23-18-10-12-25(15-18)19(26)17-7-5-4-6-8-17;/h16-18H,3-15H2,1-2H3,(H2,21,22,23);1H. The van der Waals surface area contributed by atoms with Crippen molar-refractivity contribution in [3.63, 3.8) is 0 Å². The fraction of sp³-hybridized carbons (Fsp3) is 0.900. The van der Waals surface area contributed by atoms with Gasteiger partial charge in [-0.05, 0) is 44.7 Å². The van der Waals surface area contributed by atoms with Crippen LogP contribution in [0.2, 0.25) is 0 Å². The Kier molecular flexibility index (Phi) is 9.62. The molecule has 0 aromatic heterocycles. The Morgan fingerprint density at radius 3 is 2.52 bits per heavy atom. The van der Waals surface area contributed by atoms with E-state index in [-0.39, 0.29) is 29.9 Å². The van der Waals surface area contributed by atoms with E-state index in [9.17, 15) is 4.79 Å². The van der Waals surface area contributed by atoms with E-state index in [0.717, 1.165) is 51.4 Å². The third kappa shape index (κ3) is 6.48. The van der Waals surface area contributed by atoms with Gasteiger partial charge >= 0.3 is 0 Å². The van der Waals surface area contributed by atoms with Crippen LogP contribution in [-0.4, -0.2) is 74.0 Å². The highest BCUT2D eigenvalue weighted by Crippen LogP contribution is 2.26. The fourth-order valence-electron chi connectivity index (χ4n) is 4.68. The van der Waals surface area contributed by atoms with Crippen LogP contribution in [0.4, 0.5) is 0 Å². The molecule has 2 atom stereocenters. The Labute approximate surface area is 181 Å². The quantitative estimate of drug-likeness (QED) is 0.352. The normalized spacial score (nSPS) is 27.5. The van der Waals surface area contributed by atoms with Gasteiger partial charge in [0, 0.05) is 45.2 Å². The predicted molar refractivity (Wildman–Crippen MR) is 122 cm³/mol. The molecule has 7 heteroatoms. The van der Waals surface area contributed by atoms with E-state index in [2.05, 4.69) is 32.3 Å². The number of carbonyl (C=O) groups excluding carboxylic acids is 1. The lowest BCUT2D eigenvalue weighted by molar-refractivity contribution is -0.135. The Bertz CT molecular complexity index is 495. The highest BCUT2D eigenvalue weighted by molar-refractivity contribution is 14.0. The number of aliphatic imine (C=N–C) groups is 1. The number of likely N-dealkylation sites (tertiary alicyclic amines) is 2. The summed E-state index contributed by atoms with van der Waals surface area (Å²) in [4.78, 5) is 21.7. The molecule has 2 N–H and O–H groups in total. The molecule has 2 unspecified atom stereocenters. The molecule has 2 aliphatic heterocycles. The first kappa shape index (κ1) is 22.7. The van der Waals surface area contributed by atoms with Gasteiger partial charge in [-0.15, -0.1) is 24.0 Å². The molecule has 0 aromatic rings. The van der Waals surface area contributed by atoms with Crippen molar-refractivity contribution in [1.29, 1.82) is 0 Å². The molecular formula is C20H38IN5O. The number of guanidine groups is 1. The molecule has 6 nitrogen and oxygen atoms in total. The summed E-state index contributed by atoms with van der Waals surface area (Å²) in [7, 11) is 1.84. The van der Waals surface area contributed by atoms with Crippen LogP contribution >= 0.6 is 24.0 Å². The number of hydrogen-bond acceptors (Lipinski definition) is 3. The molecule has 1 saturated carbocycles. The number of hydrogen-bond donors (Lipinski definition) is 2. The van der Waals surface area contributed by atoms with Crippen LogP contribution in [0.1, 0.15) is 51.9 Å². The molecule has 0 radical (unpaired) electrons. The van der Waals surface area contributed by atoms with Crippen LogP contribution in [-0.2, 0) is 4.79 Å². The van der Waals surface area contributed by atoms with Gasteiger partial charge in [-0.3, -0.25) is 9.79 Å². The first-order valence-corrected chi connectivity index (χ1v) is 10.7. The number of halogens is 1. The molecule has 0 aromatic carbocycles. The average Bonchev–Trinajstić information content (AvgIpc) is 3.34. The zero-order valence-corrected chi connectivity index (χ0v) is 19.4. The minimum Gasteiger partial charge on any atom is -0.356 e. The maximum Gasteiger partial charge on any atom is 0.225 e. The molecule has 27 heavy (non-hydrogen) atoms. The Balaban J connectivity index is 0.00000261. The summed E-state index contributed by atoms with van der Waals surface area (Å²) in [6.07, 6.45) is 8.21. The number of carbonyl (C=O) groups is 1. The van der Waals surface area contributed by atoms with Gasteiger partial charge < -0.3 is 20.4 Å². The smallest absolute Gasteiger partial charge is 0.225 e. The molecule has 3 fully saturated rings. The van der Waals surface area contributed by atoms with E-state index in [1.165, 1.54) is 38.8 Å². The monoisotopic (exact) mass is 491 g/mol. The number of rotatable bonds is 5. The van der Waals surface area contributed by atoms with E-state index < -0.39 is 0 Å². The maximum absolute atomic E-state index is 12.7. The summed E-state index contributed by atoms with van der Waals surface area (Å²) in [5, 5.41) is 7.03. The molecule has 2 saturated heterocycles. The van der Waals surface area contributed by atoms with Crippen LogP contribution in [0.5, 0.6) is 0 Å². The van der Waals surface area contributed by atoms with Crippen molar-refractivity contribution in [2.45, 2.75) is 57.9 Å². The first-order valence-electron chi connectivity index (χ1n) is 10.7. The van der Waals surface area contributed by atoms with Crippen LogP contribution < -0.4 is 10.6 Å². The molecule has 0 bridgehead atoms. The van der Waals surface area contributed by atoms with Crippen LogP contribution in [0.3, 0.4) is 0 Å². The highest BCUT2D eigenvalue weighted by atomic mass is 127. The molecule has 156 valence electrons. The van der Waals surface area contributed by atoms with Crippen LogP contribution in [0.25, 0.3) is 0 Å². The fourth-order valence-corrected chi connectivity index (χ4v) is 4.68. The molecule has 2 heterocycles. The minimum absolute atomic E-state index is 0. The van der Waals surface area contributed by atoms with E-state index in [0.29, 0.717) is 17.9 Å². The van der Waals surface area contributed by atoms with Gasteiger partial charge in [0.1, 0.15) is 0 Å². The van der Waals surface area contributed by atoms with E-state index >= 15 is 0 Å². The predicted octanol–water partition coefficient (Wildman–Crippen LogP) is 2.29. The van der Waals surface area contributed by atoms with Gasteiger partial charge in [-0.25, -0.2) is 0 Å². The second-order valence-electron chi connectivity index (χ2n) is 8.25. The Morgan fingerprint density at radius 2 is 1.85 bits per heavy atom. The molecule has 0 spiro atoms. The van der Waals surface area contributed by atoms with Gasteiger partial charge in [0.2, 0.25) is 5.91 Å². The Morgan fingerprint density at radius 1 is 1.07 bits per heavy atom. The molecule has 3 rings (SSSR count). The Hall–Kier alpha value is -0.570.